The standard InChI is InChI=1S/C10H10N2OS/c1-6(9(11)13)10-12-7-4-2-3-5-8(7)14-10/h2-6H,1H3,(H2,11,13). The number of hydrogen-bond donors (Lipinski definition) is 1. The molecule has 0 saturated carbocycles. The molecule has 14 heavy (non-hydrogen) atoms. The lowest BCUT2D eigenvalue weighted by Crippen LogP contribution is -2.18. The van der Waals surface area contributed by atoms with Crippen LogP contribution in [0.25, 0.3) is 10.2 Å². The smallest absolute Gasteiger partial charge is 0.227 e. The van der Waals surface area contributed by atoms with Crippen molar-refractivity contribution in [3.63, 3.8) is 0 Å². The van der Waals surface area contributed by atoms with Crippen molar-refractivity contribution in [2.24, 2.45) is 5.73 Å². The van der Waals surface area contributed by atoms with Crippen molar-refractivity contribution in [2.75, 3.05) is 0 Å². The number of carbonyl (C=O) groups excluding carboxylic acids is 1. The van der Waals surface area contributed by atoms with Gasteiger partial charge in [-0.15, -0.1) is 11.3 Å². The van der Waals surface area contributed by atoms with E-state index in [-0.39, 0.29) is 11.8 Å². The fourth-order valence-corrected chi connectivity index (χ4v) is 2.22. The van der Waals surface area contributed by atoms with Gasteiger partial charge in [0.25, 0.3) is 0 Å². The van der Waals surface area contributed by atoms with Crippen LogP contribution in [0, 0.1) is 0 Å². The monoisotopic (exact) mass is 206 g/mol. The van der Waals surface area contributed by atoms with Crippen LogP contribution in [0.2, 0.25) is 0 Å². The summed E-state index contributed by atoms with van der Waals surface area (Å²) in [4.78, 5) is 15.3. The van der Waals surface area contributed by atoms with Crippen molar-refractivity contribution in [3.8, 4) is 0 Å². The zero-order valence-corrected chi connectivity index (χ0v) is 8.54. The first-order valence-corrected chi connectivity index (χ1v) is 5.15. The van der Waals surface area contributed by atoms with E-state index in [4.69, 9.17) is 5.73 Å². The molecule has 1 aromatic heterocycles. The van der Waals surface area contributed by atoms with Crippen molar-refractivity contribution >= 4 is 27.5 Å². The van der Waals surface area contributed by atoms with E-state index in [1.807, 2.05) is 24.3 Å². The Morgan fingerprint density at radius 2 is 2.21 bits per heavy atom. The molecule has 0 bridgehead atoms. The van der Waals surface area contributed by atoms with Gasteiger partial charge in [-0.3, -0.25) is 4.79 Å². The van der Waals surface area contributed by atoms with Crippen LogP contribution in [0.15, 0.2) is 24.3 Å². The third-order valence-corrected chi connectivity index (χ3v) is 3.33. The number of primary amides is 1. The summed E-state index contributed by atoms with van der Waals surface area (Å²) in [5, 5.41) is 0.790. The zero-order chi connectivity index (χ0) is 10.1. The average molecular weight is 206 g/mol. The van der Waals surface area contributed by atoms with E-state index in [1.54, 1.807) is 6.92 Å². The molecule has 0 saturated heterocycles. The fourth-order valence-electron chi connectivity index (χ4n) is 1.20. The molecular weight excluding hydrogens is 196 g/mol. The van der Waals surface area contributed by atoms with E-state index in [9.17, 15) is 4.79 Å². The van der Waals surface area contributed by atoms with Crippen molar-refractivity contribution in [2.45, 2.75) is 12.8 Å². The Morgan fingerprint density at radius 1 is 1.50 bits per heavy atom. The van der Waals surface area contributed by atoms with Crippen molar-refractivity contribution in [3.05, 3.63) is 29.3 Å². The average Bonchev–Trinajstić information content (AvgIpc) is 2.59. The summed E-state index contributed by atoms with van der Waals surface area (Å²) in [6.45, 7) is 1.78. The number of para-hydroxylation sites is 1. The summed E-state index contributed by atoms with van der Waals surface area (Å²) in [5.74, 6) is -0.628. The maximum absolute atomic E-state index is 11.0. The van der Waals surface area contributed by atoms with Gasteiger partial charge in [-0.25, -0.2) is 4.98 Å². The highest BCUT2D eigenvalue weighted by Crippen LogP contribution is 2.26. The maximum atomic E-state index is 11.0. The number of hydrogen-bond acceptors (Lipinski definition) is 3. The van der Waals surface area contributed by atoms with E-state index in [2.05, 4.69) is 4.98 Å². The Kier molecular flexibility index (Phi) is 2.21. The summed E-state index contributed by atoms with van der Waals surface area (Å²) < 4.78 is 1.09. The summed E-state index contributed by atoms with van der Waals surface area (Å²) >= 11 is 1.52. The second-order valence-corrected chi connectivity index (χ2v) is 4.21. The molecule has 3 nitrogen and oxygen atoms in total. The summed E-state index contributed by atoms with van der Waals surface area (Å²) in [6, 6.07) is 7.81. The van der Waals surface area contributed by atoms with E-state index in [0.29, 0.717) is 0 Å². The molecule has 0 aliphatic carbocycles. The molecule has 1 heterocycles. The van der Waals surface area contributed by atoms with Crippen molar-refractivity contribution < 1.29 is 4.79 Å². The highest BCUT2D eigenvalue weighted by molar-refractivity contribution is 7.18. The molecule has 1 aromatic carbocycles. The quantitative estimate of drug-likeness (QED) is 0.815. The lowest BCUT2D eigenvalue weighted by Gasteiger charge is -1.99. The Morgan fingerprint density at radius 3 is 2.86 bits per heavy atom. The predicted octanol–water partition coefficient (Wildman–Crippen LogP) is 1.89. The van der Waals surface area contributed by atoms with Gasteiger partial charge in [0.2, 0.25) is 5.91 Å². The van der Waals surface area contributed by atoms with Crippen LogP contribution in [0.5, 0.6) is 0 Å². The lowest BCUT2D eigenvalue weighted by atomic mass is 10.2. The van der Waals surface area contributed by atoms with Gasteiger partial charge in [-0.1, -0.05) is 12.1 Å². The predicted molar refractivity (Wildman–Crippen MR) is 57.2 cm³/mol. The van der Waals surface area contributed by atoms with Gasteiger partial charge < -0.3 is 5.73 Å². The van der Waals surface area contributed by atoms with Gasteiger partial charge >= 0.3 is 0 Å². The Bertz CT molecular complexity index is 445. The van der Waals surface area contributed by atoms with Crippen molar-refractivity contribution in [1.82, 2.24) is 4.98 Å². The zero-order valence-electron chi connectivity index (χ0n) is 7.73. The minimum atomic E-state index is -0.330. The number of rotatable bonds is 2. The topological polar surface area (TPSA) is 56.0 Å². The van der Waals surface area contributed by atoms with Crippen LogP contribution in [0.1, 0.15) is 17.8 Å². The highest BCUT2D eigenvalue weighted by Gasteiger charge is 2.15. The first kappa shape index (κ1) is 9.15. The van der Waals surface area contributed by atoms with Crippen LogP contribution in [0.3, 0.4) is 0 Å². The maximum Gasteiger partial charge on any atom is 0.227 e. The highest BCUT2D eigenvalue weighted by atomic mass is 32.1. The normalized spacial score (nSPS) is 12.9. The fraction of sp³-hybridized carbons (Fsp3) is 0.200. The second kappa shape index (κ2) is 3.38. The van der Waals surface area contributed by atoms with Crippen LogP contribution in [-0.2, 0) is 4.79 Å². The number of thiazole rings is 1. The lowest BCUT2D eigenvalue weighted by molar-refractivity contribution is -0.119. The molecule has 0 fully saturated rings. The van der Waals surface area contributed by atoms with Gasteiger partial charge in [0.1, 0.15) is 5.01 Å². The molecule has 0 aliphatic heterocycles. The number of fused-ring (bicyclic) bond motifs is 1. The number of aromatic nitrogens is 1. The minimum absolute atomic E-state index is 0.299. The largest absolute Gasteiger partial charge is 0.369 e. The van der Waals surface area contributed by atoms with Gasteiger partial charge in [0.15, 0.2) is 0 Å². The van der Waals surface area contributed by atoms with E-state index in [0.717, 1.165) is 15.2 Å². The number of carbonyl (C=O) groups is 1. The first-order valence-electron chi connectivity index (χ1n) is 4.33. The minimum Gasteiger partial charge on any atom is -0.369 e. The van der Waals surface area contributed by atoms with E-state index < -0.39 is 0 Å². The molecule has 2 aromatic rings. The first-order chi connectivity index (χ1) is 6.68. The van der Waals surface area contributed by atoms with E-state index in [1.165, 1.54) is 11.3 Å². The summed E-state index contributed by atoms with van der Waals surface area (Å²) in [5.41, 5.74) is 6.15. The summed E-state index contributed by atoms with van der Waals surface area (Å²) in [6.07, 6.45) is 0. The molecule has 1 atom stereocenters. The van der Waals surface area contributed by atoms with Gasteiger partial charge in [0, 0.05) is 0 Å². The molecule has 0 aliphatic rings. The van der Waals surface area contributed by atoms with Gasteiger partial charge in [-0.2, -0.15) is 0 Å². The molecule has 0 spiro atoms. The third kappa shape index (κ3) is 1.48. The Balaban J connectivity index is 2.50. The Hall–Kier alpha value is -1.42. The molecular formula is C10H10N2OS. The molecule has 4 heteroatoms. The number of nitrogens with two attached hydrogens (primary N) is 1. The molecule has 0 radical (unpaired) electrons. The number of amides is 1. The van der Waals surface area contributed by atoms with Crippen LogP contribution < -0.4 is 5.73 Å². The molecule has 1 amide bonds. The third-order valence-electron chi connectivity index (χ3n) is 2.11. The number of nitrogens with zero attached hydrogens (tertiary/aromatic N) is 1. The molecule has 1 unspecified atom stereocenters. The molecule has 2 rings (SSSR count). The number of benzene rings is 1. The SMILES string of the molecule is CC(C(N)=O)c1nc2ccccc2s1. The van der Waals surface area contributed by atoms with Gasteiger partial charge in [0.05, 0.1) is 16.1 Å². The second-order valence-electron chi connectivity index (χ2n) is 3.14. The molecule has 72 valence electrons. The van der Waals surface area contributed by atoms with Crippen LogP contribution in [0.4, 0.5) is 0 Å². The van der Waals surface area contributed by atoms with E-state index >= 15 is 0 Å². The van der Waals surface area contributed by atoms with Crippen molar-refractivity contribution in [1.29, 1.82) is 0 Å². The molecule has 2 N–H and O–H groups in total. The van der Waals surface area contributed by atoms with Gasteiger partial charge in [-0.05, 0) is 19.1 Å². The summed E-state index contributed by atoms with van der Waals surface area (Å²) in [7, 11) is 0. The Labute approximate surface area is 85.6 Å². The van der Waals surface area contributed by atoms with Crippen LogP contribution in [-0.4, -0.2) is 10.9 Å². The van der Waals surface area contributed by atoms with Crippen LogP contribution >= 0.6 is 11.3 Å².